The summed E-state index contributed by atoms with van der Waals surface area (Å²) >= 11 is 6.36. The molecular weight excluding hydrogens is 552 g/mol. The van der Waals surface area contributed by atoms with Gasteiger partial charge in [0.05, 0.1) is 58.8 Å². The summed E-state index contributed by atoms with van der Waals surface area (Å²) in [6.07, 6.45) is 9.29. The molecule has 1 aromatic carbocycles. The number of aliphatic hydroxyl groups is 1. The summed E-state index contributed by atoms with van der Waals surface area (Å²) in [6.45, 7) is 9.40. The number of anilines is 1. The van der Waals surface area contributed by atoms with E-state index in [4.69, 9.17) is 26.3 Å². The second kappa shape index (κ2) is 11.7. The third-order valence-corrected chi connectivity index (χ3v) is 8.30. The quantitative estimate of drug-likeness (QED) is 0.236. The lowest BCUT2D eigenvalue weighted by Gasteiger charge is -2.39. The number of carbonyl (C=O) groups excluding carboxylic acids is 1. The van der Waals surface area contributed by atoms with Crippen LogP contribution in [0.1, 0.15) is 67.9 Å². The summed E-state index contributed by atoms with van der Waals surface area (Å²) in [6, 6.07) is 9.59. The molecule has 0 radical (unpaired) electrons. The second-order valence-corrected chi connectivity index (χ2v) is 12.5. The van der Waals surface area contributed by atoms with Crippen molar-refractivity contribution >= 4 is 28.7 Å². The Morgan fingerprint density at radius 3 is 2.62 bits per heavy atom. The Morgan fingerprint density at radius 1 is 1.21 bits per heavy atom. The van der Waals surface area contributed by atoms with Gasteiger partial charge < -0.3 is 14.7 Å². The first kappa shape index (κ1) is 29.5. The van der Waals surface area contributed by atoms with Crippen LogP contribution in [0.15, 0.2) is 49.1 Å². The molecule has 1 saturated heterocycles. The molecule has 0 spiro atoms. The number of rotatable bonds is 9. The van der Waals surface area contributed by atoms with Crippen LogP contribution in [0, 0.1) is 23.7 Å². The Morgan fingerprint density at radius 2 is 1.98 bits per heavy atom. The number of nitrogens with zero attached hydrogens (tertiary/aromatic N) is 6. The molecule has 10 heteroatoms. The first-order chi connectivity index (χ1) is 20.0. The molecule has 0 atom stereocenters. The molecule has 1 aliphatic heterocycles. The van der Waals surface area contributed by atoms with Gasteiger partial charge in [0.25, 0.3) is 0 Å². The van der Waals surface area contributed by atoms with Gasteiger partial charge in [-0.15, -0.1) is 0 Å². The maximum absolute atomic E-state index is 13.2. The predicted octanol–water partition coefficient (Wildman–Crippen LogP) is 6.04. The van der Waals surface area contributed by atoms with Crippen molar-refractivity contribution in [1.82, 2.24) is 19.6 Å². The van der Waals surface area contributed by atoms with Gasteiger partial charge in [0, 0.05) is 37.1 Å². The average molecular weight is 587 g/mol. The van der Waals surface area contributed by atoms with E-state index in [0.29, 0.717) is 58.1 Å². The summed E-state index contributed by atoms with van der Waals surface area (Å²) in [5.74, 6) is 1.40. The molecule has 0 amide bonds. The minimum absolute atomic E-state index is 0.0902. The normalized spacial score (nSPS) is 15.0. The SMILES string of the molecule is Cc1cccc(Cl)c1C(=O)CC1(C)CCN(c2cnc(-c3cc(OCCC(C)(C)O)cn4ncc(C#N)c34)cn2)CC1. The Bertz CT molecular complexity index is 1620. The van der Waals surface area contributed by atoms with E-state index >= 15 is 0 Å². The number of ether oxygens (including phenoxy) is 1. The zero-order chi connectivity index (χ0) is 30.1. The Balaban J connectivity index is 1.31. The summed E-state index contributed by atoms with van der Waals surface area (Å²) in [5.41, 5.74) is 2.90. The van der Waals surface area contributed by atoms with Crippen LogP contribution in [-0.4, -0.2) is 55.8 Å². The van der Waals surface area contributed by atoms with E-state index in [-0.39, 0.29) is 11.2 Å². The van der Waals surface area contributed by atoms with Crippen molar-refractivity contribution in [3.05, 3.63) is 70.8 Å². The molecule has 0 bridgehead atoms. The number of pyridine rings is 1. The van der Waals surface area contributed by atoms with E-state index in [1.54, 1.807) is 43.0 Å². The molecule has 1 N–H and O–H groups in total. The van der Waals surface area contributed by atoms with Gasteiger partial charge in [-0.3, -0.25) is 9.78 Å². The van der Waals surface area contributed by atoms with E-state index in [2.05, 4.69) is 23.0 Å². The first-order valence-corrected chi connectivity index (χ1v) is 14.5. The molecule has 1 fully saturated rings. The highest BCUT2D eigenvalue weighted by atomic mass is 35.5. The molecule has 1 aliphatic rings. The molecule has 0 aliphatic carbocycles. The number of hydrogen-bond acceptors (Lipinski definition) is 8. The van der Waals surface area contributed by atoms with Crippen molar-refractivity contribution in [2.24, 2.45) is 5.41 Å². The van der Waals surface area contributed by atoms with E-state index in [1.165, 1.54) is 6.20 Å². The average Bonchev–Trinajstić information content (AvgIpc) is 3.35. The van der Waals surface area contributed by atoms with Gasteiger partial charge in [-0.1, -0.05) is 30.7 Å². The molecular formula is C32H35ClN6O3. The smallest absolute Gasteiger partial charge is 0.165 e. The van der Waals surface area contributed by atoms with Gasteiger partial charge in [-0.05, 0) is 56.7 Å². The number of Topliss-reactive ketones (excluding diaryl/α,β-unsaturated/α-hetero) is 1. The van der Waals surface area contributed by atoms with Crippen LogP contribution in [0.3, 0.4) is 0 Å². The van der Waals surface area contributed by atoms with Crippen molar-refractivity contribution < 1.29 is 14.6 Å². The maximum Gasteiger partial charge on any atom is 0.165 e. The molecule has 0 saturated carbocycles. The highest BCUT2D eigenvalue weighted by Gasteiger charge is 2.34. The molecule has 4 heterocycles. The molecule has 218 valence electrons. The summed E-state index contributed by atoms with van der Waals surface area (Å²) in [7, 11) is 0. The predicted molar refractivity (Wildman–Crippen MR) is 162 cm³/mol. The summed E-state index contributed by atoms with van der Waals surface area (Å²) in [4.78, 5) is 24.8. The van der Waals surface area contributed by atoms with Gasteiger partial charge in [0.15, 0.2) is 5.78 Å². The molecule has 9 nitrogen and oxygen atoms in total. The highest BCUT2D eigenvalue weighted by molar-refractivity contribution is 6.34. The standard InChI is InChI=1S/C32H35ClN6O3/c1-21-6-5-7-25(33)29(21)27(40)15-32(4)8-11-38(12-9-32)28-19-35-26(18-36-28)24-14-23(42-13-10-31(2,3)41)20-39-30(24)22(16-34)17-37-39/h5-7,14,17-20,41H,8-13,15H2,1-4H3. The maximum atomic E-state index is 13.2. The number of aromatic nitrogens is 4. The molecule has 3 aromatic heterocycles. The zero-order valence-electron chi connectivity index (χ0n) is 24.4. The van der Waals surface area contributed by atoms with Crippen molar-refractivity contribution in [3.8, 4) is 23.1 Å². The third-order valence-electron chi connectivity index (χ3n) is 7.99. The molecule has 5 rings (SSSR count). The summed E-state index contributed by atoms with van der Waals surface area (Å²) in [5, 5.41) is 24.5. The van der Waals surface area contributed by atoms with Crippen LogP contribution in [0.25, 0.3) is 16.8 Å². The lowest BCUT2D eigenvalue weighted by Crippen LogP contribution is -2.40. The number of carbonyl (C=O) groups is 1. The van der Waals surface area contributed by atoms with E-state index in [1.807, 2.05) is 25.1 Å². The van der Waals surface area contributed by atoms with Crippen LogP contribution >= 0.6 is 11.6 Å². The largest absolute Gasteiger partial charge is 0.492 e. The van der Waals surface area contributed by atoms with Crippen LogP contribution in [-0.2, 0) is 0 Å². The number of nitriles is 1. The molecule has 0 unspecified atom stereocenters. The number of halogens is 1. The topological polar surface area (TPSA) is 117 Å². The fourth-order valence-electron chi connectivity index (χ4n) is 5.41. The number of benzene rings is 1. The number of piperidine rings is 1. The number of hydrogen-bond donors (Lipinski definition) is 1. The van der Waals surface area contributed by atoms with Crippen molar-refractivity contribution in [1.29, 1.82) is 5.26 Å². The van der Waals surface area contributed by atoms with Crippen molar-refractivity contribution in [2.75, 3.05) is 24.6 Å². The third kappa shape index (κ3) is 6.40. The van der Waals surface area contributed by atoms with E-state index in [0.717, 1.165) is 37.3 Å². The molecule has 42 heavy (non-hydrogen) atoms. The van der Waals surface area contributed by atoms with Crippen LogP contribution in [0.4, 0.5) is 5.82 Å². The Kier molecular flexibility index (Phi) is 8.22. The van der Waals surface area contributed by atoms with Gasteiger partial charge >= 0.3 is 0 Å². The highest BCUT2D eigenvalue weighted by Crippen LogP contribution is 2.38. The van der Waals surface area contributed by atoms with Gasteiger partial charge in [0.2, 0.25) is 0 Å². The monoisotopic (exact) mass is 586 g/mol. The van der Waals surface area contributed by atoms with Gasteiger partial charge in [-0.2, -0.15) is 10.4 Å². The van der Waals surface area contributed by atoms with E-state index in [9.17, 15) is 15.2 Å². The summed E-state index contributed by atoms with van der Waals surface area (Å²) < 4.78 is 7.52. The van der Waals surface area contributed by atoms with Crippen LogP contribution in [0.5, 0.6) is 5.75 Å². The minimum atomic E-state index is -0.843. The number of ketones is 1. The Labute approximate surface area is 250 Å². The van der Waals surface area contributed by atoms with Crippen molar-refractivity contribution in [2.45, 2.75) is 59.0 Å². The lowest BCUT2D eigenvalue weighted by molar-refractivity contribution is 0.0552. The zero-order valence-corrected chi connectivity index (χ0v) is 25.1. The molecule has 4 aromatic rings. The number of fused-ring (bicyclic) bond motifs is 1. The fraction of sp³-hybridized carbons (Fsp3) is 0.406. The number of aryl methyl sites for hydroxylation is 1. The van der Waals surface area contributed by atoms with E-state index < -0.39 is 5.60 Å². The minimum Gasteiger partial charge on any atom is -0.492 e. The van der Waals surface area contributed by atoms with Crippen molar-refractivity contribution in [3.63, 3.8) is 0 Å². The van der Waals surface area contributed by atoms with Gasteiger partial charge in [-0.25, -0.2) is 9.50 Å². The fourth-order valence-corrected chi connectivity index (χ4v) is 5.74. The van der Waals surface area contributed by atoms with Gasteiger partial charge in [0.1, 0.15) is 17.6 Å². The lowest BCUT2D eigenvalue weighted by atomic mass is 9.75. The van der Waals surface area contributed by atoms with Crippen LogP contribution < -0.4 is 9.64 Å². The van der Waals surface area contributed by atoms with Crippen LogP contribution in [0.2, 0.25) is 5.02 Å². The second-order valence-electron chi connectivity index (χ2n) is 12.1. The first-order valence-electron chi connectivity index (χ1n) is 14.1. The Hall–Kier alpha value is -4.00.